The molecule has 0 spiro atoms. The van der Waals surface area contributed by atoms with Gasteiger partial charge in [-0.3, -0.25) is 9.59 Å². The topological polar surface area (TPSA) is 61.8 Å². The molecule has 150 valence electrons. The maximum atomic E-state index is 12.3. The van der Waals surface area contributed by atoms with Gasteiger partial charge in [0.1, 0.15) is 0 Å². The molecule has 2 rings (SSSR count). The third-order valence-corrected chi connectivity index (χ3v) is 5.49. The minimum atomic E-state index is -0.799. The van der Waals surface area contributed by atoms with E-state index in [9.17, 15) is 9.59 Å². The normalized spacial score (nSPS) is 18.1. The van der Waals surface area contributed by atoms with E-state index >= 15 is 0 Å². The van der Waals surface area contributed by atoms with Crippen LogP contribution in [0, 0.1) is 0 Å². The van der Waals surface area contributed by atoms with Gasteiger partial charge in [0.15, 0.2) is 17.3 Å². The van der Waals surface area contributed by atoms with Gasteiger partial charge in [-0.25, -0.2) is 0 Å². The van der Waals surface area contributed by atoms with Gasteiger partial charge in [0.25, 0.3) is 0 Å². The van der Waals surface area contributed by atoms with Crippen LogP contribution in [0.15, 0.2) is 29.2 Å². The van der Waals surface area contributed by atoms with Crippen molar-refractivity contribution in [1.29, 1.82) is 0 Å². The fourth-order valence-corrected chi connectivity index (χ4v) is 3.96. The highest BCUT2D eigenvalue weighted by Gasteiger charge is 2.28. The van der Waals surface area contributed by atoms with Crippen LogP contribution in [0.4, 0.5) is 0 Å². The number of carbonyl (C=O) groups is 2. The molecule has 1 aromatic carbocycles. The Balaban J connectivity index is 1.92. The molecule has 2 unspecified atom stereocenters. The molecule has 5 nitrogen and oxygen atoms in total. The molecular weight excluding hydrogens is 364 g/mol. The molecule has 0 N–H and O–H groups in total. The Morgan fingerprint density at radius 2 is 2.15 bits per heavy atom. The van der Waals surface area contributed by atoms with E-state index in [0.717, 1.165) is 49.2 Å². The zero-order valence-electron chi connectivity index (χ0n) is 16.3. The summed E-state index contributed by atoms with van der Waals surface area (Å²) in [4.78, 5) is 25.4. The number of thioether (sulfide) groups is 1. The number of carbonyl (C=O) groups excluding carboxylic acids is 2. The zero-order chi connectivity index (χ0) is 19.5. The van der Waals surface area contributed by atoms with Crippen molar-refractivity contribution in [2.45, 2.75) is 68.8 Å². The Morgan fingerprint density at radius 3 is 2.85 bits per heavy atom. The van der Waals surface area contributed by atoms with Crippen molar-refractivity contribution in [3.63, 3.8) is 0 Å². The molecule has 6 heteroatoms. The number of ketones is 1. The summed E-state index contributed by atoms with van der Waals surface area (Å²) in [6.07, 6.45) is 4.99. The van der Waals surface area contributed by atoms with Crippen molar-refractivity contribution in [2.75, 3.05) is 19.8 Å². The fourth-order valence-electron chi connectivity index (χ4n) is 2.90. The Morgan fingerprint density at radius 1 is 1.30 bits per heavy atom. The maximum absolute atomic E-state index is 12.3. The Hall–Kier alpha value is -1.37. The van der Waals surface area contributed by atoms with Crippen LogP contribution in [0.1, 0.15) is 51.5 Å². The van der Waals surface area contributed by atoms with E-state index in [1.165, 1.54) is 11.8 Å². The predicted octanol–water partition coefficient (Wildman–Crippen LogP) is 4.17. The van der Waals surface area contributed by atoms with Crippen LogP contribution in [-0.2, 0) is 30.2 Å². The molecule has 0 amide bonds. The lowest BCUT2D eigenvalue weighted by Crippen LogP contribution is -2.28. The first-order valence-corrected chi connectivity index (χ1v) is 10.7. The van der Waals surface area contributed by atoms with Crippen LogP contribution < -0.4 is 0 Å². The zero-order valence-corrected chi connectivity index (χ0v) is 17.1. The average Bonchev–Trinajstić information content (AvgIpc) is 2.67. The van der Waals surface area contributed by atoms with Gasteiger partial charge >= 0.3 is 5.97 Å². The van der Waals surface area contributed by atoms with Crippen LogP contribution in [0.2, 0.25) is 0 Å². The van der Waals surface area contributed by atoms with Crippen molar-refractivity contribution in [1.82, 2.24) is 0 Å². The molecule has 1 fully saturated rings. The highest BCUT2D eigenvalue weighted by molar-refractivity contribution is 8.01. The summed E-state index contributed by atoms with van der Waals surface area (Å²) in [5.41, 5.74) is 1.11. The lowest BCUT2D eigenvalue weighted by molar-refractivity contribution is -0.161. The van der Waals surface area contributed by atoms with Gasteiger partial charge in [0.05, 0.1) is 13.2 Å². The summed E-state index contributed by atoms with van der Waals surface area (Å²) in [5, 5.41) is -0.799. The highest BCUT2D eigenvalue weighted by atomic mass is 32.2. The van der Waals surface area contributed by atoms with Gasteiger partial charge in [0, 0.05) is 17.9 Å². The standard InChI is InChI=1S/C21H30O5S/c1-3-8-18(22)20(21(23)24-4-2)27-17-10-7-9-16(15-17)12-14-26-19-11-5-6-13-25-19/h7,9-10,15,19-20H,3-6,8,11-14H2,1-2H3. The summed E-state index contributed by atoms with van der Waals surface area (Å²) < 4.78 is 16.5. The van der Waals surface area contributed by atoms with Crippen molar-refractivity contribution < 1.29 is 23.8 Å². The Bertz CT molecular complexity index is 580. The van der Waals surface area contributed by atoms with E-state index in [4.69, 9.17) is 14.2 Å². The SMILES string of the molecule is CCCC(=O)C(Sc1cccc(CCOC2CCCCO2)c1)C(=O)OCC. The van der Waals surface area contributed by atoms with Gasteiger partial charge in [-0.05, 0) is 56.7 Å². The average molecular weight is 395 g/mol. The molecule has 1 heterocycles. The molecule has 1 aromatic rings. The molecule has 0 saturated carbocycles. The van der Waals surface area contributed by atoms with Gasteiger partial charge in [0.2, 0.25) is 0 Å². The van der Waals surface area contributed by atoms with Gasteiger partial charge in [-0.15, -0.1) is 11.8 Å². The largest absolute Gasteiger partial charge is 0.465 e. The number of benzene rings is 1. The van der Waals surface area contributed by atoms with Crippen molar-refractivity contribution >= 4 is 23.5 Å². The number of Topliss-reactive ketones (excluding diaryl/α,β-unsaturated/α-hetero) is 1. The summed E-state index contributed by atoms with van der Waals surface area (Å²) >= 11 is 1.27. The van der Waals surface area contributed by atoms with Gasteiger partial charge in [-0.2, -0.15) is 0 Å². The number of ether oxygens (including phenoxy) is 3. The van der Waals surface area contributed by atoms with E-state index in [1.807, 2.05) is 31.2 Å². The van der Waals surface area contributed by atoms with Crippen LogP contribution in [0.25, 0.3) is 0 Å². The molecule has 1 saturated heterocycles. The molecule has 2 atom stereocenters. The maximum Gasteiger partial charge on any atom is 0.327 e. The first-order chi connectivity index (χ1) is 13.1. The molecule has 0 aliphatic carbocycles. The van der Waals surface area contributed by atoms with Gasteiger partial charge in [-0.1, -0.05) is 19.1 Å². The lowest BCUT2D eigenvalue weighted by Gasteiger charge is -2.22. The molecule has 1 aliphatic heterocycles. The lowest BCUT2D eigenvalue weighted by atomic mass is 10.1. The Kier molecular flexibility index (Phi) is 9.87. The summed E-state index contributed by atoms with van der Waals surface area (Å²) in [7, 11) is 0. The van der Waals surface area contributed by atoms with Gasteiger partial charge < -0.3 is 14.2 Å². The van der Waals surface area contributed by atoms with E-state index in [-0.39, 0.29) is 18.7 Å². The van der Waals surface area contributed by atoms with Crippen LogP contribution in [0.3, 0.4) is 0 Å². The summed E-state index contributed by atoms with van der Waals surface area (Å²) in [6.45, 7) is 5.32. The number of esters is 1. The number of hydrogen-bond donors (Lipinski definition) is 0. The molecule has 0 bridgehead atoms. The quantitative estimate of drug-likeness (QED) is 0.319. The summed E-state index contributed by atoms with van der Waals surface area (Å²) in [5.74, 6) is -0.534. The minimum absolute atomic E-state index is 0.0795. The second kappa shape index (κ2) is 12.2. The van der Waals surface area contributed by atoms with E-state index in [0.29, 0.717) is 13.0 Å². The molecule has 0 aromatic heterocycles. The van der Waals surface area contributed by atoms with E-state index in [2.05, 4.69) is 0 Å². The van der Waals surface area contributed by atoms with Crippen LogP contribution in [-0.4, -0.2) is 43.1 Å². The molecular formula is C21H30O5S. The van der Waals surface area contributed by atoms with Crippen molar-refractivity contribution in [3.8, 4) is 0 Å². The minimum Gasteiger partial charge on any atom is -0.465 e. The van der Waals surface area contributed by atoms with Crippen LogP contribution in [0.5, 0.6) is 0 Å². The molecule has 1 aliphatic rings. The smallest absolute Gasteiger partial charge is 0.327 e. The third kappa shape index (κ3) is 7.64. The number of rotatable bonds is 11. The van der Waals surface area contributed by atoms with E-state index in [1.54, 1.807) is 6.92 Å². The van der Waals surface area contributed by atoms with Crippen LogP contribution >= 0.6 is 11.8 Å². The first kappa shape index (κ1) is 21.9. The first-order valence-electron chi connectivity index (χ1n) is 9.82. The molecule has 0 radical (unpaired) electrons. The predicted molar refractivity (Wildman–Crippen MR) is 106 cm³/mol. The molecule has 27 heavy (non-hydrogen) atoms. The highest BCUT2D eigenvalue weighted by Crippen LogP contribution is 2.27. The third-order valence-electron chi connectivity index (χ3n) is 4.27. The second-order valence-electron chi connectivity index (χ2n) is 6.53. The fraction of sp³-hybridized carbons (Fsp3) is 0.619. The second-order valence-corrected chi connectivity index (χ2v) is 7.71. The van der Waals surface area contributed by atoms with Crippen molar-refractivity contribution in [3.05, 3.63) is 29.8 Å². The van der Waals surface area contributed by atoms with Crippen molar-refractivity contribution in [2.24, 2.45) is 0 Å². The van der Waals surface area contributed by atoms with E-state index < -0.39 is 11.2 Å². The summed E-state index contributed by atoms with van der Waals surface area (Å²) in [6, 6.07) is 7.91. The Labute approximate surface area is 166 Å². The monoisotopic (exact) mass is 394 g/mol. The number of hydrogen-bond acceptors (Lipinski definition) is 6.